The fourth-order valence-electron chi connectivity index (χ4n) is 12.4. The maximum absolute atomic E-state index is 15.8. The molecule has 0 radical (unpaired) electrons. The number of ketones is 1. The number of hydrogen-bond donors (Lipinski definition) is 3. The van der Waals surface area contributed by atoms with E-state index >= 15 is 9.59 Å². The maximum atomic E-state index is 15.8. The van der Waals surface area contributed by atoms with Crippen molar-refractivity contribution < 1.29 is 76.9 Å². The van der Waals surface area contributed by atoms with Gasteiger partial charge in [0.1, 0.15) is 30.0 Å². The summed E-state index contributed by atoms with van der Waals surface area (Å²) in [5, 5.41) is 29.2. The van der Waals surface area contributed by atoms with Crippen LogP contribution < -0.4 is 5.32 Å². The number of carbonyl (C=O) groups excluding carboxylic acids is 7. The number of nitrogens with one attached hydrogen (secondary N) is 1. The van der Waals surface area contributed by atoms with Crippen molar-refractivity contribution in [3.8, 4) is 0 Å². The minimum absolute atomic E-state index is 0.0434. The molecule has 2 unspecified atom stereocenters. The number of amides is 1. The third kappa shape index (κ3) is 15.6. The summed E-state index contributed by atoms with van der Waals surface area (Å²) in [7, 11) is 0. The van der Waals surface area contributed by atoms with Crippen LogP contribution in [0.3, 0.4) is 0 Å². The standard InChI is InChI=1S/C70H83NO16/c1-8-9-10-11-12-13-14-15-16-17-18-19-20-21-22-23-24-25-26-36-43-81-66(79)85-59(57(50-37-30-27-31-38-50)71-63(76)51-39-32-28-33-40-51)65(78)84-53-45-70(80)62(86-64(77)52-41-34-29-35-42-52)60-68(7,54(74)44-55-69(60,46-82-55)87-49(4)73)61(75)58(83-48(3)72)56(47(53)2)67(70,5)6/h9-10,12-13,15-16,18-19,21-22,24-25,27-35,37-42,53-55,57-60,62,74,80H,8,11,14,17,20,23,26,36,43-46H2,1-7H3,(H,71,76)/b10-9-,13-12-,16-15-,19-18-,22-21-,25-24-/t53-,54-,55+,57-,58+,59+,60?,62?,68+,69-,70+/m0/s1. The highest BCUT2D eigenvalue weighted by atomic mass is 16.7. The Morgan fingerprint density at radius 2 is 1.25 bits per heavy atom. The number of hydrogen-bond acceptors (Lipinski definition) is 16. The van der Waals surface area contributed by atoms with Crippen molar-refractivity contribution in [3.63, 3.8) is 0 Å². The van der Waals surface area contributed by atoms with Crippen LogP contribution >= 0.6 is 0 Å². The van der Waals surface area contributed by atoms with Gasteiger partial charge in [0, 0.05) is 37.7 Å². The van der Waals surface area contributed by atoms with Gasteiger partial charge in [-0.25, -0.2) is 14.4 Å². The molecule has 1 aliphatic heterocycles. The molecule has 3 aliphatic carbocycles. The van der Waals surface area contributed by atoms with E-state index in [0.717, 1.165) is 46.0 Å². The summed E-state index contributed by atoms with van der Waals surface area (Å²) in [4.78, 5) is 100. The number of ether oxygens (including phenoxy) is 7. The fraction of sp³-hybridized carbons (Fsp3) is 0.443. The second-order valence-electron chi connectivity index (χ2n) is 23.1. The summed E-state index contributed by atoms with van der Waals surface area (Å²) in [6.07, 6.45) is 19.4. The van der Waals surface area contributed by atoms with E-state index in [9.17, 15) is 34.2 Å². The number of aliphatic hydroxyl groups is 2. The quantitative estimate of drug-likeness (QED) is 0.0293. The Labute approximate surface area is 510 Å². The fourth-order valence-corrected chi connectivity index (χ4v) is 12.4. The highest BCUT2D eigenvalue weighted by Crippen LogP contribution is 2.64. The van der Waals surface area contributed by atoms with Crippen molar-refractivity contribution >= 4 is 41.7 Å². The van der Waals surface area contributed by atoms with E-state index in [2.05, 4.69) is 73.0 Å². The first-order valence-electron chi connectivity index (χ1n) is 30.0. The summed E-state index contributed by atoms with van der Waals surface area (Å²) < 4.78 is 42.5. The highest BCUT2D eigenvalue weighted by molar-refractivity contribution is 5.96. The predicted octanol–water partition coefficient (Wildman–Crippen LogP) is 11.4. The van der Waals surface area contributed by atoms with E-state index in [1.54, 1.807) is 92.7 Å². The number of aliphatic hydroxyl groups excluding tert-OH is 1. The smallest absolute Gasteiger partial charge is 0.455 e. The minimum atomic E-state index is -2.48. The number of fused-ring (bicyclic) bond motifs is 5. The summed E-state index contributed by atoms with van der Waals surface area (Å²) >= 11 is 0. The molecule has 464 valence electrons. The van der Waals surface area contributed by atoms with Gasteiger partial charge >= 0.3 is 30.0 Å². The minimum Gasteiger partial charge on any atom is -0.455 e. The van der Waals surface area contributed by atoms with E-state index in [-0.39, 0.29) is 41.9 Å². The van der Waals surface area contributed by atoms with E-state index in [1.807, 2.05) is 12.2 Å². The number of unbranched alkanes of at least 4 members (excludes halogenated alkanes) is 1. The van der Waals surface area contributed by atoms with Crippen LogP contribution in [0.4, 0.5) is 4.79 Å². The Morgan fingerprint density at radius 3 is 1.78 bits per heavy atom. The number of rotatable bonds is 26. The van der Waals surface area contributed by atoms with Gasteiger partial charge in [-0.2, -0.15) is 0 Å². The van der Waals surface area contributed by atoms with Crippen LogP contribution in [0.5, 0.6) is 0 Å². The maximum Gasteiger partial charge on any atom is 0.509 e. The molecule has 2 saturated carbocycles. The van der Waals surface area contributed by atoms with Crippen molar-refractivity contribution in [3.05, 3.63) is 192 Å². The lowest BCUT2D eigenvalue weighted by atomic mass is 9.44. The molecule has 4 aliphatic rings. The third-order valence-corrected chi connectivity index (χ3v) is 17.0. The first-order valence-corrected chi connectivity index (χ1v) is 30.0. The van der Waals surface area contributed by atoms with E-state index in [4.69, 9.17) is 33.2 Å². The normalized spacial score (nSPS) is 26.6. The van der Waals surface area contributed by atoms with Gasteiger partial charge in [0.25, 0.3) is 5.91 Å². The Kier molecular flexibility index (Phi) is 23.4. The molecular weight excluding hydrogens is 1110 g/mol. The lowest BCUT2D eigenvalue weighted by molar-refractivity contribution is -0.346. The van der Waals surface area contributed by atoms with Gasteiger partial charge in [-0.1, -0.05) is 160 Å². The third-order valence-electron chi connectivity index (χ3n) is 17.0. The van der Waals surface area contributed by atoms with Crippen molar-refractivity contribution in [2.45, 2.75) is 167 Å². The lowest BCUT2D eigenvalue weighted by Gasteiger charge is -2.67. The molecule has 2 bridgehead atoms. The Hall–Kier alpha value is -7.99. The monoisotopic (exact) mass is 1190 g/mol. The van der Waals surface area contributed by atoms with Crippen LogP contribution in [0.2, 0.25) is 0 Å². The van der Waals surface area contributed by atoms with Crippen LogP contribution in [0, 0.1) is 16.7 Å². The average Bonchev–Trinajstić information content (AvgIpc) is 0.682. The first-order chi connectivity index (χ1) is 41.7. The summed E-state index contributed by atoms with van der Waals surface area (Å²) in [6, 6.07) is 22.8. The zero-order valence-corrected chi connectivity index (χ0v) is 50.8. The molecule has 1 saturated heterocycles. The van der Waals surface area contributed by atoms with Gasteiger partial charge in [0.15, 0.2) is 17.5 Å². The topological polar surface area (TPSA) is 237 Å². The number of allylic oxidation sites excluding steroid dienone is 12. The molecule has 3 fully saturated rings. The Balaban J connectivity index is 1.17. The van der Waals surface area contributed by atoms with Gasteiger partial charge in [-0.3, -0.25) is 19.2 Å². The van der Waals surface area contributed by atoms with Gasteiger partial charge in [-0.05, 0) is 106 Å². The number of Topliss-reactive ketones (excluding diaryl/α,β-unsaturated/α-hetero) is 1. The van der Waals surface area contributed by atoms with E-state index in [1.165, 1.54) is 26.0 Å². The van der Waals surface area contributed by atoms with Crippen molar-refractivity contribution in [1.29, 1.82) is 0 Å². The second kappa shape index (κ2) is 30.6. The molecule has 1 heterocycles. The zero-order valence-electron chi connectivity index (χ0n) is 50.8. The Bertz CT molecular complexity index is 3110. The predicted molar refractivity (Wildman–Crippen MR) is 325 cm³/mol. The highest BCUT2D eigenvalue weighted by Gasteiger charge is 2.78. The van der Waals surface area contributed by atoms with Gasteiger partial charge in [0.05, 0.1) is 36.2 Å². The van der Waals surface area contributed by atoms with Crippen LogP contribution in [0.25, 0.3) is 0 Å². The molecule has 3 aromatic carbocycles. The molecule has 3 N–H and O–H groups in total. The number of esters is 4. The number of benzene rings is 3. The molecule has 3 aromatic rings. The molecule has 11 atom stereocenters. The molecule has 17 nitrogen and oxygen atoms in total. The van der Waals surface area contributed by atoms with Crippen LogP contribution in [0.1, 0.15) is 145 Å². The molecular formula is C70H83NO16. The zero-order chi connectivity index (χ0) is 62.8. The van der Waals surface area contributed by atoms with Crippen molar-refractivity contribution in [2.24, 2.45) is 16.7 Å². The second-order valence-corrected chi connectivity index (χ2v) is 23.1. The van der Waals surface area contributed by atoms with Crippen molar-refractivity contribution in [2.75, 3.05) is 13.2 Å². The van der Waals surface area contributed by atoms with Gasteiger partial charge in [-0.15, -0.1) is 0 Å². The lowest BCUT2D eigenvalue weighted by Crippen LogP contribution is -2.82. The van der Waals surface area contributed by atoms with Gasteiger partial charge in [0.2, 0.25) is 6.10 Å². The van der Waals surface area contributed by atoms with Crippen LogP contribution in [0.15, 0.2) is 175 Å². The summed E-state index contributed by atoms with van der Waals surface area (Å²) in [6.45, 7) is 9.92. The SMILES string of the molecule is CC/C=C\C/C=C\C/C=C\C/C=C\C/C=C\C/C=C\CCCOC(=O)O[C@@H](C(=O)O[C@H]1C[C@@]2(O)C(OC(=O)c3ccccc3)C3[C@](C)(C(=O)[C@H](OC(C)=O)C(=C1C)C2(C)C)[C@@H](O)C[C@H]1OC[C@@]31OC(C)=O)[C@@H](NC(=O)c1ccccc1)c1ccccc1. The van der Waals surface area contributed by atoms with Crippen LogP contribution in [-0.2, 0) is 52.3 Å². The van der Waals surface area contributed by atoms with Crippen molar-refractivity contribution in [1.82, 2.24) is 5.32 Å². The number of carbonyl (C=O) groups is 7. The molecule has 87 heavy (non-hydrogen) atoms. The largest absolute Gasteiger partial charge is 0.509 e. The molecule has 1 amide bonds. The molecule has 0 aromatic heterocycles. The van der Waals surface area contributed by atoms with Gasteiger partial charge < -0.3 is 48.7 Å². The summed E-state index contributed by atoms with van der Waals surface area (Å²) in [5.74, 6) is -7.08. The summed E-state index contributed by atoms with van der Waals surface area (Å²) in [5.41, 5.74) is -7.52. The van der Waals surface area contributed by atoms with E-state index in [0.29, 0.717) is 24.8 Å². The molecule has 0 spiro atoms. The Morgan fingerprint density at radius 1 is 0.713 bits per heavy atom. The average molecular weight is 1190 g/mol. The first kappa shape index (κ1) is 66.5. The molecule has 7 rings (SSSR count). The van der Waals surface area contributed by atoms with E-state index < -0.39 is 119 Å². The van der Waals surface area contributed by atoms with Crippen LogP contribution in [-0.4, -0.2) is 113 Å². The molecule has 17 heteroatoms.